The van der Waals surface area contributed by atoms with Crippen LogP contribution in [0.5, 0.6) is 11.5 Å². The third kappa shape index (κ3) is 5.35. The van der Waals surface area contributed by atoms with Crippen molar-refractivity contribution in [2.45, 2.75) is 39.5 Å². The van der Waals surface area contributed by atoms with Crippen LogP contribution in [0.2, 0.25) is 0 Å². The molecule has 0 bridgehead atoms. The normalized spacial score (nSPS) is 11.9. The average molecular weight is 531 g/mol. The van der Waals surface area contributed by atoms with E-state index in [9.17, 15) is 9.59 Å². The maximum Gasteiger partial charge on any atom is 0.194 e. The molecule has 0 atom stereocenters. The zero-order valence-electron chi connectivity index (χ0n) is 23.1. The highest BCUT2D eigenvalue weighted by Crippen LogP contribution is 2.42. The molecule has 0 saturated carbocycles. The van der Waals surface area contributed by atoms with Gasteiger partial charge in [0.25, 0.3) is 0 Å². The van der Waals surface area contributed by atoms with Gasteiger partial charge >= 0.3 is 0 Å². The van der Waals surface area contributed by atoms with Gasteiger partial charge in [-0.05, 0) is 12.8 Å². The standard InChI is InChI=1S/C22H26O2.C14H8O2/c1-3-5-15-23-21-17-11-7-9-13-19(17)22(24-16-6-4-2)20-14-10-8-12-18(20)21;15-13-9-5-1-2-6-10(9)14(16)12-8-4-3-7-11(12)13/h7-14H,3-6,15-16H2,1-2H3;1-8H. The van der Waals surface area contributed by atoms with Crippen molar-refractivity contribution < 1.29 is 19.1 Å². The Labute approximate surface area is 235 Å². The fraction of sp³-hybridized carbons (Fsp3) is 0.222. The number of rotatable bonds is 8. The van der Waals surface area contributed by atoms with Gasteiger partial charge in [0, 0.05) is 43.8 Å². The van der Waals surface area contributed by atoms with E-state index in [1.807, 2.05) is 0 Å². The Morgan fingerprint density at radius 2 is 0.725 bits per heavy atom. The first kappa shape index (κ1) is 27.1. The predicted octanol–water partition coefficient (Wildman–Crippen LogP) is 8.81. The lowest BCUT2D eigenvalue weighted by Gasteiger charge is -2.17. The lowest BCUT2D eigenvalue weighted by Crippen LogP contribution is -2.20. The average Bonchev–Trinajstić information content (AvgIpc) is 3.01. The molecule has 0 unspecified atom stereocenters. The topological polar surface area (TPSA) is 52.6 Å². The van der Waals surface area contributed by atoms with E-state index in [0.717, 1.165) is 71.9 Å². The summed E-state index contributed by atoms with van der Waals surface area (Å²) >= 11 is 0. The predicted molar refractivity (Wildman–Crippen MR) is 162 cm³/mol. The van der Waals surface area contributed by atoms with Crippen LogP contribution in [0.3, 0.4) is 0 Å². The summed E-state index contributed by atoms with van der Waals surface area (Å²) in [6, 6.07) is 30.7. The molecule has 0 amide bonds. The lowest BCUT2D eigenvalue weighted by atomic mass is 9.84. The number of carbonyl (C=O) groups is 2. The zero-order chi connectivity index (χ0) is 27.9. The molecule has 0 spiro atoms. The molecule has 1 aliphatic carbocycles. The van der Waals surface area contributed by atoms with Crippen LogP contribution >= 0.6 is 0 Å². The fourth-order valence-corrected chi connectivity index (χ4v) is 5.04. The minimum atomic E-state index is -0.0641. The van der Waals surface area contributed by atoms with Crippen LogP contribution in [0.4, 0.5) is 0 Å². The van der Waals surface area contributed by atoms with E-state index in [2.05, 4.69) is 62.4 Å². The van der Waals surface area contributed by atoms with E-state index in [-0.39, 0.29) is 11.6 Å². The summed E-state index contributed by atoms with van der Waals surface area (Å²) in [5, 5.41) is 4.55. The highest BCUT2D eigenvalue weighted by atomic mass is 16.5. The van der Waals surface area contributed by atoms with Gasteiger partial charge in [0.05, 0.1) is 13.2 Å². The SMILES string of the molecule is CCCCOc1c2ccccc2c(OCCCC)c2ccccc12.O=C1c2ccccc2C(=O)c2ccccc21. The quantitative estimate of drug-likeness (QED) is 0.146. The van der Waals surface area contributed by atoms with Gasteiger partial charge in [-0.3, -0.25) is 9.59 Å². The summed E-state index contributed by atoms with van der Waals surface area (Å²) in [4.78, 5) is 24.2. The van der Waals surface area contributed by atoms with Crippen LogP contribution < -0.4 is 9.47 Å². The molecule has 0 fully saturated rings. The van der Waals surface area contributed by atoms with Crippen LogP contribution in [0.25, 0.3) is 21.5 Å². The Balaban J connectivity index is 0.000000174. The number of carbonyl (C=O) groups excluding carboxylic acids is 2. The minimum absolute atomic E-state index is 0.0641. The van der Waals surface area contributed by atoms with Crippen molar-refractivity contribution in [2.75, 3.05) is 13.2 Å². The van der Waals surface area contributed by atoms with Gasteiger partial charge in [0.1, 0.15) is 11.5 Å². The maximum absolute atomic E-state index is 12.1. The van der Waals surface area contributed by atoms with Crippen molar-refractivity contribution in [1.82, 2.24) is 0 Å². The molecule has 4 heteroatoms. The second-order valence-corrected chi connectivity index (χ2v) is 9.90. The Morgan fingerprint density at radius 3 is 1.00 bits per heavy atom. The van der Waals surface area contributed by atoms with Crippen molar-refractivity contribution in [2.24, 2.45) is 0 Å². The highest BCUT2D eigenvalue weighted by Gasteiger charge is 2.28. The third-order valence-electron chi connectivity index (χ3n) is 7.15. The second kappa shape index (κ2) is 12.6. The molecule has 0 N–H and O–H groups in total. The molecular weight excluding hydrogens is 496 g/mol. The molecule has 4 nitrogen and oxygen atoms in total. The van der Waals surface area contributed by atoms with E-state index in [4.69, 9.17) is 9.47 Å². The van der Waals surface area contributed by atoms with E-state index in [0.29, 0.717) is 22.3 Å². The van der Waals surface area contributed by atoms with E-state index < -0.39 is 0 Å². The van der Waals surface area contributed by atoms with Crippen molar-refractivity contribution in [3.8, 4) is 11.5 Å². The van der Waals surface area contributed by atoms with Crippen LogP contribution in [0.1, 0.15) is 71.4 Å². The van der Waals surface area contributed by atoms with E-state index in [1.165, 1.54) is 0 Å². The van der Waals surface area contributed by atoms with Gasteiger partial charge in [0.2, 0.25) is 0 Å². The Kier molecular flexibility index (Phi) is 8.56. The monoisotopic (exact) mass is 530 g/mol. The van der Waals surface area contributed by atoms with E-state index in [1.54, 1.807) is 48.5 Å². The largest absolute Gasteiger partial charge is 0.492 e. The van der Waals surface area contributed by atoms with Crippen LogP contribution in [-0.4, -0.2) is 24.8 Å². The molecule has 1 aliphatic rings. The highest BCUT2D eigenvalue weighted by molar-refractivity contribution is 6.28. The molecule has 5 aromatic rings. The Bertz CT molecular complexity index is 1440. The zero-order valence-corrected chi connectivity index (χ0v) is 23.1. The van der Waals surface area contributed by atoms with Gasteiger partial charge in [0.15, 0.2) is 11.6 Å². The summed E-state index contributed by atoms with van der Waals surface area (Å²) in [5.41, 5.74) is 2.02. The second-order valence-electron chi connectivity index (χ2n) is 9.90. The van der Waals surface area contributed by atoms with E-state index >= 15 is 0 Å². The third-order valence-corrected chi connectivity index (χ3v) is 7.15. The number of unbranched alkanes of at least 4 members (excludes halogenated alkanes) is 2. The summed E-state index contributed by atoms with van der Waals surface area (Å²) in [7, 11) is 0. The smallest absolute Gasteiger partial charge is 0.194 e. The molecule has 6 rings (SSSR count). The molecule has 0 heterocycles. The number of ether oxygens (including phenoxy) is 2. The number of hydrogen-bond donors (Lipinski definition) is 0. The molecule has 0 radical (unpaired) electrons. The number of ketones is 2. The first-order valence-corrected chi connectivity index (χ1v) is 14.1. The summed E-state index contributed by atoms with van der Waals surface area (Å²) < 4.78 is 12.4. The van der Waals surface area contributed by atoms with Gasteiger partial charge in [-0.25, -0.2) is 0 Å². The molecule has 0 aliphatic heterocycles. The van der Waals surface area contributed by atoms with Gasteiger partial charge in [-0.1, -0.05) is 124 Å². The molecule has 0 saturated heterocycles. The van der Waals surface area contributed by atoms with Gasteiger partial charge < -0.3 is 9.47 Å². The fourth-order valence-electron chi connectivity index (χ4n) is 5.04. The molecule has 5 aromatic carbocycles. The first-order valence-electron chi connectivity index (χ1n) is 14.1. The Morgan fingerprint density at radius 1 is 0.450 bits per heavy atom. The molecular formula is C36H34O4. The first-order chi connectivity index (χ1) is 19.7. The van der Waals surface area contributed by atoms with Crippen molar-refractivity contribution in [3.05, 3.63) is 119 Å². The van der Waals surface area contributed by atoms with Crippen LogP contribution in [0, 0.1) is 0 Å². The summed E-state index contributed by atoms with van der Waals surface area (Å²) in [6.07, 6.45) is 4.40. The molecule has 0 aromatic heterocycles. The van der Waals surface area contributed by atoms with Gasteiger partial charge in [-0.2, -0.15) is 0 Å². The van der Waals surface area contributed by atoms with Crippen LogP contribution in [-0.2, 0) is 0 Å². The maximum atomic E-state index is 12.1. The van der Waals surface area contributed by atoms with Gasteiger partial charge in [-0.15, -0.1) is 0 Å². The van der Waals surface area contributed by atoms with Crippen molar-refractivity contribution in [3.63, 3.8) is 0 Å². The van der Waals surface area contributed by atoms with Crippen molar-refractivity contribution in [1.29, 1.82) is 0 Å². The molecule has 202 valence electrons. The number of benzene rings is 5. The lowest BCUT2D eigenvalue weighted by molar-refractivity contribution is 0.0979. The van der Waals surface area contributed by atoms with Crippen molar-refractivity contribution >= 4 is 33.1 Å². The Hall–Kier alpha value is -4.44. The molecule has 40 heavy (non-hydrogen) atoms. The number of fused-ring (bicyclic) bond motifs is 4. The minimum Gasteiger partial charge on any atom is -0.492 e. The summed E-state index contributed by atoms with van der Waals surface area (Å²) in [5.74, 6) is 1.84. The number of hydrogen-bond acceptors (Lipinski definition) is 4. The van der Waals surface area contributed by atoms with Crippen LogP contribution in [0.15, 0.2) is 97.1 Å². The summed E-state index contributed by atoms with van der Waals surface area (Å²) in [6.45, 7) is 5.87.